The van der Waals surface area contributed by atoms with Crippen molar-refractivity contribution in [2.45, 2.75) is 40.5 Å². The Morgan fingerprint density at radius 2 is 1.44 bits per heavy atom. The minimum Gasteiger partial charge on any atom is -0.412 e. The van der Waals surface area contributed by atoms with Gasteiger partial charge in [0.15, 0.2) is 0 Å². The number of hydrogen-bond donors (Lipinski definition) is 0. The molecule has 1 aliphatic carbocycles. The monoisotopic (exact) mass is 272 g/mol. The van der Waals surface area contributed by atoms with E-state index in [1.165, 1.54) is 28.9 Å². The van der Waals surface area contributed by atoms with Gasteiger partial charge in [0.2, 0.25) is 0 Å². The Bertz CT molecular complexity index is 322. The molecule has 0 bridgehead atoms. The highest BCUT2D eigenvalue weighted by atomic mass is 32.2. The van der Waals surface area contributed by atoms with Gasteiger partial charge in [-0.2, -0.15) is 0 Å². The van der Waals surface area contributed by atoms with Crippen molar-refractivity contribution in [2.75, 3.05) is 6.26 Å². The van der Waals surface area contributed by atoms with Crippen LogP contribution in [0.1, 0.15) is 45.2 Å². The summed E-state index contributed by atoms with van der Waals surface area (Å²) in [7, 11) is 0. The van der Waals surface area contributed by atoms with Gasteiger partial charge in [0.05, 0.1) is 0 Å². The summed E-state index contributed by atoms with van der Waals surface area (Å²) in [5.41, 5.74) is 2.91. The zero-order valence-corrected chi connectivity index (χ0v) is 13.0. The molecule has 0 saturated heterocycles. The van der Waals surface area contributed by atoms with Crippen molar-refractivity contribution in [1.29, 1.82) is 0 Å². The third-order valence-corrected chi connectivity index (χ3v) is 3.12. The van der Waals surface area contributed by atoms with E-state index in [9.17, 15) is 0 Å². The Morgan fingerprint density at radius 1 is 0.889 bits per heavy atom. The van der Waals surface area contributed by atoms with Crippen molar-refractivity contribution in [2.24, 2.45) is 0 Å². The van der Waals surface area contributed by atoms with Crippen LogP contribution in [0.3, 0.4) is 0 Å². The highest BCUT2D eigenvalue weighted by Crippen LogP contribution is 2.28. The summed E-state index contributed by atoms with van der Waals surface area (Å²) in [6.45, 7) is 8.00. The molecule has 0 aromatic heterocycles. The van der Waals surface area contributed by atoms with Gasteiger partial charge in [-0.25, -0.2) is 0 Å². The average Bonchev–Trinajstić information content (AvgIpc) is 2.42. The van der Waals surface area contributed by atoms with Crippen molar-refractivity contribution >= 4 is 17.8 Å². The van der Waals surface area contributed by atoms with Crippen LogP contribution in [0, 0.1) is 0 Å². The van der Waals surface area contributed by atoms with Crippen LogP contribution >= 0.6 is 11.8 Å². The van der Waals surface area contributed by atoms with Gasteiger partial charge in [-0.15, -0.1) is 11.8 Å². The third kappa shape index (κ3) is 6.84. The van der Waals surface area contributed by atoms with E-state index in [2.05, 4.69) is 36.6 Å². The van der Waals surface area contributed by atoms with Gasteiger partial charge >= 0.3 is 0 Å². The van der Waals surface area contributed by atoms with Crippen molar-refractivity contribution in [3.8, 4) is 0 Å². The van der Waals surface area contributed by atoms with Crippen LogP contribution in [0.5, 0.6) is 0 Å². The van der Waals surface area contributed by atoms with E-state index < -0.39 is 0 Å². The fraction of sp³-hybridized carbons (Fsp3) is 0.467. The third-order valence-electron chi connectivity index (χ3n) is 2.27. The molecule has 4 N–H and O–H groups in total. The van der Waals surface area contributed by atoms with Crippen LogP contribution in [0.15, 0.2) is 29.2 Å². The first-order valence-electron chi connectivity index (χ1n) is 6.22. The lowest BCUT2D eigenvalue weighted by atomic mass is 9.98. The topological polar surface area (TPSA) is 63.0 Å². The Hall–Kier alpha value is -0.770. The van der Waals surface area contributed by atoms with Crippen LogP contribution in [0.4, 0.5) is 0 Å². The quantitative estimate of drug-likeness (QED) is 0.768. The molecule has 0 spiro atoms. The number of thioether (sulfide) groups is 1. The number of aryl methyl sites for hydroxylation is 1. The minimum absolute atomic E-state index is 0. The van der Waals surface area contributed by atoms with Crippen LogP contribution < -0.4 is 0 Å². The molecular formula is C15H28O2S. The van der Waals surface area contributed by atoms with E-state index in [0.29, 0.717) is 0 Å². The first-order valence-corrected chi connectivity index (χ1v) is 7.45. The second-order valence-corrected chi connectivity index (χ2v) is 3.95. The van der Waals surface area contributed by atoms with Crippen LogP contribution in [-0.2, 0) is 6.42 Å². The highest BCUT2D eigenvalue weighted by Gasteiger charge is 2.07. The normalized spacial score (nSPS) is 10.8. The predicted molar refractivity (Wildman–Crippen MR) is 86.2 cm³/mol. The van der Waals surface area contributed by atoms with Gasteiger partial charge in [-0.05, 0) is 41.2 Å². The molecule has 1 aliphatic rings. The Balaban J connectivity index is -0.000000344. The molecule has 0 atom stereocenters. The van der Waals surface area contributed by atoms with E-state index >= 15 is 0 Å². The summed E-state index contributed by atoms with van der Waals surface area (Å²) in [5, 5.41) is 0. The number of fused-ring (bicyclic) bond motifs is 1. The molecule has 3 heteroatoms. The summed E-state index contributed by atoms with van der Waals surface area (Å²) in [6.07, 6.45) is 6.89. The summed E-state index contributed by atoms with van der Waals surface area (Å²) < 4.78 is 0. The van der Waals surface area contributed by atoms with E-state index in [-0.39, 0.29) is 11.0 Å². The first kappa shape index (κ1) is 22.4. The number of benzene rings is 1. The van der Waals surface area contributed by atoms with Crippen LogP contribution in [0.2, 0.25) is 0 Å². The van der Waals surface area contributed by atoms with Gasteiger partial charge in [0, 0.05) is 0 Å². The lowest BCUT2D eigenvalue weighted by molar-refractivity contribution is 0.823. The van der Waals surface area contributed by atoms with Gasteiger partial charge in [-0.1, -0.05) is 52.0 Å². The van der Waals surface area contributed by atoms with Crippen molar-refractivity contribution in [3.63, 3.8) is 0 Å². The Kier molecular flexibility index (Phi) is 17.8. The number of rotatable bonds is 1. The molecule has 1 aromatic carbocycles. The van der Waals surface area contributed by atoms with E-state index in [1.807, 2.05) is 39.5 Å². The molecule has 106 valence electrons. The predicted octanol–water partition coefficient (Wildman–Crippen LogP) is 3.74. The van der Waals surface area contributed by atoms with Gasteiger partial charge < -0.3 is 11.0 Å². The molecule has 18 heavy (non-hydrogen) atoms. The van der Waals surface area contributed by atoms with Crippen LogP contribution in [0.25, 0.3) is 6.08 Å². The average molecular weight is 272 g/mol. The largest absolute Gasteiger partial charge is 0.412 e. The maximum absolute atomic E-state index is 2.31. The van der Waals surface area contributed by atoms with E-state index in [4.69, 9.17) is 0 Å². The molecule has 0 fully saturated rings. The fourth-order valence-electron chi connectivity index (χ4n) is 1.57. The van der Waals surface area contributed by atoms with Gasteiger partial charge in [0.1, 0.15) is 0 Å². The summed E-state index contributed by atoms with van der Waals surface area (Å²) in [6, 6.07) is 8.66. The molecule has 0 heterocycles. The van der Waals surface area contributed by atoms with Gasteiger partial charge in [0.25, 0.3) is 0 Å². The number of hydrogen-bond acceptors (Lipinski definition) is 1. The minimum atomic E-state index is 0. The first-order chi connectivity index (χ1) is 7.90. The molecule has 0 saturated carbocycles. The molecule has 2 nitrogen and oxygen atoms in total. The Morgan fingerprint density at radius 3 is 2.00 bits per heavy atom. The number of allylic oxidation sites excluding steroid dienone is 1. The lowest BCUT2D eigenvalue weighted by Gasteiger charge is -2.14. The Labute approximate surface area is 116 Å². The van der Waals surface area contributed by atoms with Crippen LogP contribution in [-0.4, -0.2) is 17.2 Å². The molecule has 0 unspecified atom stereocenters. The molecule has 2 rings (SSSR count). The molecule has 0 radical (unpaired) electrons. The molecular weight excluding hydrogens is 244 g/mol. The highest BCUT2D eigenvalue weighted by molar-refractivity contribution is 8.02. The zero-order chi connectivity index (χ0) is 12.4. The molecule has 0 amide bonds. The van der Waals surface area contributed by atoms with Gasteiger partial charge in [-0.3, -0.25) is 0 Å². The van der Waals surface area contributed by atoms with Crippen molar-refractivity contribution < 1.29 is 11.0 Å². The summed E-state index contributed by atoms with van der Waals surface area (Å²) in [5.74, 6) is 0. The second-order valence-electron chi connectivity index (χ2n) is 3.01. The molecule has 1 aromatic rings. The summed E-state index contributed by atoms with van der Waals surface area (Å²) >= 11 is 1.87. The van der Waals surface area contributed by atoms with E-state index in [1.54, 1.807) is 0 Å². The molecule has 0 aliphatic heterocycles. The van der Waals surface area contributed by atoms with E-state index in [0.717, 1.165) is 0 Å². The second kappa shape index (κ2) is 14.3. The van der Waals surface area contributed by atoms with Crippen molar-refractivity contribution in [1.82, 2.24) is 0 Å². The fourth-order valence-corrected chi connectivity index (χ4v) is 2.12. The van der Waals surface area contributed by atoms with Crippen molar-refractivity contribution in [3.05, 3.63) is 40.3 Å². The smallest absolute Gasteiger partial charge is 0.0140 e. The SMILES string of the molecule is CC.CC.CSC1=Cc2ccccc2CC1.O.O. The standard InChI is InChI=1S/C11H12S.2C2H6.2H2O/c1-12-11-7-6-9-4-2-3-5-10(9)8-11;2*1-2;;/h2-5,8H,6-7H2,1H3;2*1-2H3;2*1H2. The summed E-state index contributed by atoms with van der Waals surface area (Å²) in [4.78, 5) is 1.51. The lowest BCUT2D eigenvalue weighted by Crippen LogP contribution is -1.96. The maximum atomic E-state index is 2.31. The zero-order valence-electron chi connectivity index (χ0n) is 12.2. The maximum Gasteiger partial charge on any atom is -0.0140 e.